The predicted octanol–water partition coefficient (Wildman–Crippen LogP) is 1.58. The summed E-state index contributed by atoms with van der Waals surface area (Å²) in [6.07, 6.45) is 1.05. The first-order chi connectivity index (χ1) is 13.6. The van der Waals surface area contributed by atoms with Crippen molar-refractivity contribution in [3.8, 4) is 0 Å². The summed E-state index contributed by atoms with van der Waals surface area (Å²) in [4.78, 5) is 42.4. The van der Waals surface area contributed by atoms with Crippen LogP contribution in [-0.4, -0.2) is 72.7 Å². The molecule has 8 nitrogen and oxygen atoms in total. The van der Waals surface area contributed by atoms with Gasteiger partial charge in [0.1, 0.15) is 12.6 Å². The lowest BCUT2D eigenvalue weighted by atomic mass is 10.2. The van der Waals surface area contributed by atoms with Crippen LogP contribution in [0.15, 0.2) is 24.3 Å². The fraction of sp³-hybridized carbons (Fsp3) is 0.550. The van der Waals surface area contributed by atoms with Gasteiger partial charge in [0.05, 0.1) is 11.5 Å². The molecule has 0 saturated carbocycles. The molecule has 0 aromatic heterocycles. The SMILES string of the molecule is CCCN(C(=O)CN1C(=O)C(C)N(c2ccc(C)cc2)C1=O)C1CCS(=O)(=O)C1. The van der Waals surface area contributed by atoms with Crippen molar-refractivity contribution in [2.45, 2.75) is 45.7 Å². The van der Waals surface area contributed by atoms with Crippen LogP contribution in [-0.2, 0) is 19.4 Å². The molecule has 2 heterocycles. The normalized spacial score (nSPS) is 23.7. The Labute approximate surface area is 171 Å². The molecule has 1 aromatic carbocycles. The van der Waals surface area contributed by atoms with Crippen LogP contribution in [0, 0.1) is 6.92 Å². The Bertz CT molecular complexity index is 913. The van der Waals surface area contributed by atoms with E-state index in [-0.39, 0.29) is 18.1 Å². The van der Waals surface area contributed by atoms with Gasteiger partial charge in [-0.05, 0) is 38.8 Å². The van der Waals surface area contributed by atoms with Crippen LogP contribution >= 0.6 is 0 Å². The molecule has 0 N–H and O–H groups in total. The van der Waals surface area contributed by atoms with Gasteiger partial charge in [-0.25, -0.2) is 13.2 Å². The van der Waals surface area contributed by atoms with Gasteiger partial charge >= 0.3 is 6.03 Å². The lowest BCUT2D eigenvalue weighted by Crippen LogP contribution is -2.48. The number of imide groups is 1. The predicted molar refractivity (Wildman–Crippen MR) is 109 cm³/mol. The molecule has 2 aliphatic rings. The first-order valence-corrected chi connectivity index (χ1v) is 11.7. The molecule has 2 aliphatic heterocycles. The van der Waals surface area contributed by atoms with E-state index in [1.807, 2.05) is 26.0 Å². The Hall–Kier alpha value is -2.42. The van der Waals surface area contributed by atoms with Gasteiger partial charge in [-0.1, -0.05) is 24.6 Å². The number of hydrogen-bond donors (Lipinski definition) is 0. The van der Waals surface area contributed by atoms with E-state index in [0.717, 1.165) is 10.5 Å². The highest BCUT2D eigenvalue weighted by Gasteiger charge is 2.45. The molecule has 2 atom stereocenters. The van der Waals surface area contributed by atoms with Crippen molar-refractivity contribution < 1.29 is 22.8 Å². The second-order valence-electron chi connectivity index (χ2n) is 7.73. The molecule has 4 amide bonds. The molecular formula is C20H27N3O5S. The molecule has 0 aliphatic carbocycles. The Morgan fingerprint density at radius 1 is 1.21 bits per heavy atom. The average Bonchev–Trinajstić information content (AvgIpc) is 3.12. The van der Waals surface area contributed by atoms with E-state index < -0.39 is 39.8 Å². The van der Waals surface area contributed by atoms with Crippen LogP contribution in [0.3, 0.4) is 0 Å². The van der Waals surface area contributed by atoms with Crippen molar-refractivity contribution in [2.75, 3.05) is 29.5 Å². The highest BCUT2D eigenvalue weighted by molar-refractivity contribution is 7.91. The van der Waals surface area contributed by atoms with Crippen LogP contribution in [0.2, 0.25) is 0 Å². The van der Waals surface area contributed by atoms with E-state index in [9.17, 15) is 22.8 Å². The summed E-state index contributed by atoms with van der Waals surface area (Å²) >= 11 is 0. The molecule has 2 fully saturated rings. The molecule has 158 valence electrons. The van der Waals surface area contributed by atoms with Gasteiger partial charge in [-0.15, -0.1) is 0 Å². The largest absolute Gasteiger partial charge is 0.337 e. The number of carbonyl (C=O) groups is 3. The number of rotatable bonds is 6. The fourth-order valence-electron chi connectivity index (χ4n) is 3.91. The Morgan fingerprint density at radius 2 is 1.86 bits per heavy atom. The molecule has 9 heteroatoms. The number of benzene rings is 1. The number of hydrogen-bond acceptors (Lipinski definition) is 5. The van der Waals surface area contributed by atoms with Gasteiger partial charge in [0.15, 0.2) is 9.84 Å². The third kappa shape index (κ3) is 4.29. The number of anilines is 1. The van der Waals surface area contributed by atoms with E-state index in [0.29, 0.717) is 25.1 Å². The minimum absolute atomic E-state index is 0.0605. The minimum atomic E-state index is -3.15. The molecule has 2 saturated heterocycles. The summed E-state index contributed by atoms with van der Waals surface area (Å²) < 4.78 is 23.6. The minimum Gasteiger partial charge on any atom is -0.337 e. The van der Waals surface area contributed by atoms with E-state index >= 15 is 0 Å². The van der Waals surface area contributed by atoms with E-state index in [4.69, 9.17) is 0 Å². The average molecular weight is 422 g/mol. The van der Waals surface area contributed by atoms with Crippen LogP contribution in [0.5, 0.6) is 0 Å². The third-order valence-corrected chi connectivity index (χ3v) is 7.24. The van der Waals surface area contributed by atoms with Crippen LogP contribution in [0.1, 0.15) is 32.3 Å². The third-order valence-electron chi connectivity index (χ3n) is 5.49. The van der Waals surface area contributed by atoms with Gasteiger partial charge in [-0.3, -0.25) is 19.4 Å². The number of nitrogens with zero attached hydrogens (tertiary/aromatic N) is 3. The van der Waals surface area contributed by atoms with Crippen LogP contribution < -0.4 is 4.90 Å². The van der Waals surface area contributed by atoms with Crippen molar-refractivity contribution in [3.63, 3.8) is 0 Å². The zero-order valence-electron chi connectivity index (χ0n) is 17.0. The number of amides is 4. The lowest BCUT2D eigenvalue weighted by molar-refractivity contribution is -0.138. The zero-order valence-corrected chi connectivity index (χ0v) is 17.8. The Kier molecular flexibility index (Phi) is 5.97. The fourth-order valence-corrected chi connectivity index (χ4v) is 5.64. The highest BCUT2D eigenvalue weighted by Crippen LogP contribution is 2.26. The summed E-state index contributed by atoms with van der Waals surface area (Å²) in [7, 11) is -3.15. The van der Waals surface area contributed by atoms with Gasteiger partial charge in [-0.2, -0.15) is 0 Å². The summed E-state index contributed by atoms with van der Waals surface area (Å²) in [5, 5.41) is 0. The lowest BCUT2D eigenvalue weighted by Gasteiger charge is -2.29. The van der Waals surface area contributed by atoms with E-state index in [1.165, 1.54) is 9.80 Å². The van der Waals surface area contributed by atoms with Crippen molar-refractivity contribution in [1.29, 1.82) is 0 Å². The maximum absolute atomic E-state index is 12.9. The molecule has 1 aromatic rings. The van der Waals surface area contributed by atoms with Gasteiger partial charge in [0, 0.05) is 18.3 Å². The van der Waals surface area contributed by atoms with Crippen molar-refractivity contribution in [1.82, 2.24) is 9.80 Å². The van der Waals surface area contributed by atoms with Crippen molar-refractivity contribution in [2.24, 2.45) is 0 Å². The molecule has 29 heavy (non-hydrogen) atoms. The van der Waals surface area contributed by atoms with Gasteiger partial charge in [0.2, 0.25) is 5.91 Å². The summed E-state index contributed by atoms with van der Waals surface area (Å²) in [5.74, 6) is -0.828. The Balaban J connectivity index is 1.77. The maximum Gasteiger partial charge on any atom is 0.332 e. The quantitative estimate of drug-likeness (QED) is 0.650. The molecule has 0 bridgehead atoms. The molecular weight excluding hydrogens is 394 g/mol. The summed E-state index contributed by atoms with van der Waals surface area (Å²) in [5.41, 5.74) is 1.64. The molecule has 0 radical (unpaired) electrons. The summed E-state index contributed by atoms with van der Waals surface area (Å²) in [6.45, 7) is 5.49. The second-order valence-corrected chi connectivity index (χ2v) is 9.96. The van der Waals surface area contributed by atoms with E-state index in [2.05, 4.69) is 0 Å². The second kappa shape index (κ2) is 8.14. The van der Waals surface area contributed by atoms with Crippen LogP contribution in [0.25, 0.3) is 0 Å². The first-order valence-electron chi connectivity index (χ1n) is 9.85. The molecule has 2 unspecified atom stereocenters. The molecule has 3 rings (SSSR count). The van der Waals surface area contributed by atoms with Crippen LogP contribution in [0.4, 0.5) is 10.5 Å². The van der Waals surface area contributed by atoms with Gasteiger partial charge in [0.25, 0.3) is 5.91 Å². The highest BCUT2D eigenvalue weighted by atomic mass is 32.2. The number of carbonyl (C=O) groups excluding carboxylic acids is 3. The standard InChI is InChI=1S/C20H27N3O5S/c1-4-10-21(17-9-11-29(27,28)13-17)18(24)12-22-19(25)15(3)23(20(22)26)16-7-5-14(2)6-8-16/h5-8,15,17H,4,9-13H2,1-3H3. The maximum atomic E-state index is 12.9. The molecule has 0 spiro atoms. The number of aryl methyl sites for hydroxylation is 1. The van der Waals surface area contributed by atoms with Crippen molar-refractivity contribution >= 4 is 33.4 Å². The topological polar surface area (TPSA) is 95.1 Å². The van der Waals surface area contributed by atoms with Crippen molar-refractivity contribution in [3.05, 3.63) is 29.8 Å². The van der Waals surface area contributed by atoms with Gasteiger partial charge < -0.3 is 4.90 Å². The monoisotopic (exact) mass is 421 g/mol. The first kappa shape index (κ1) is 21.3. The number of urea groups is 1. The zero-order chi connectivity index (χ0) is 21.3. The summed E-state index contributed by atoms with van der Waals surface area (Å²) in [6, 6.07) is 5.63. The number of sulfone groups is 1. The van der Waals surface area contributed by atoms with E-state index in [1.54, 1.807) is 19.1 Å². The smallest absolute Gasteiger partial charge is 0.332 e. The Morgan fingerprint density at radius 3 is 2.41 bits per heavy atom.